The molecule has 5 nitrogen and oxygen atoms in total. The molecule has 2 aromatic rings. The summed E-state index contributed by atoms with van der Waals surface area (Å²) >= 11 is 11.2. The SMILES string of the molecule is CN1CCN(CCN=C2/C(=C3/CN(C)c4c3cc(Br)c(Br)c4Br)Nc3ccccc32)CC1. The van der Waals surface area contributed by atoms with Gasteiger partial charge in [-0.1, -0.05) is 18.2 Å². The van der Waals surface area contributed by atoms with Gasteiger partial charge in [0.05, 0.1) is 28.1 Å². The van der Waals surface area contributed by atoms with E-state index in [9.17, 15) is 0 Å². The standard InChI is InChI=1S/C24H26Br3N5/c1-30-9-11-32(12-10-30)8-7-28-22-15-5-3-4-6-19(15)29-23(22)17-14-31(2)24-16(17)13-18(25)20(26)21(24)27/h3-6,13,29H,7-12,14H2,1-2H3/b23-17+,28-22?. The van der Waals surface area contributed by atoms with Crippen LogP contribution in [0.3, 0.4) is 0 Å². The zero-order valence-corrected chi connectivity index (χ0v) is 23.0. The van der Waals surface area contributed by atoms with E-state index in [1.54, 1.807) is 0 Å². The van der Waals surface area contributed by atoms with Gasteiger partial charge in [0.1, 0.15) is 0 Å². The van der Waals surface area contributed by atoms with Crippen molar-refractivity contribution < 1.29 is 0 Å². The summed E-state index contributed by atoms with van der Waals surface area (Å²) < 4.78 is 3.16. The van der Waals surface area contributed by atoms with Crippen LogP contribution in [0.5, 0.6) is 0 Å². The third-order valence-corrected chi connectivity index (χ3v) is 9.79. The quantitative estimate of drug-likeness (QED) is 0.471. The highest BCUT2D eigenvalue weighted by Gasteiger charge is 2.33. The van der Waals surface area contributed by atoms with E-state index in [2.05, 4.69) is 112 Å². The number of piperazine rings is 1. The Hall–Kier alpha value is -1.19. The van der Waals surface area contributed by atoms with Gasteiger partial charge in [-0.25, -0.2) is 0 Å². The Labute approximate surface area is 214 Å². The third kappa shape index (κ3) is 4.09. The van der Waals surface area contributed by atoms with Crippen molar-refractivity contribution in [1.82, 2.24) is 9.80 Å². The van der Waals surface area contributed by atoms with Crippen LogP contribution in [0.25, 0.3) is 5.57 Å². The average molecular weight is 624 g/mol. The summed E-state index contributed by atoms with van der Waals surface area (Å²) in [5.74, 6) is 0. The van der Waals surface area contributed by atoms with Crippen molar-refractivity contribution in [3.8, 4) is 0 Å². The van der Waals surface area contributed by atoms with Crippen LogP contribution in [0.2, 0.25) is 0 Å². The Morgan fingerprint density at radius 1 is 0.969 bits per heavy atom. The zero-order valence-electron chi connectivity index (χ0n) is 18.3. The molecule has 32 heavy (non-hydrogen) atoms. The lowest BCUT2D eigenvalue weighted by Gasteiger charge is -2.31. The van der Waals surface area contributed by atoms with Crippen LogP contribution in [0.15, 0.2) is 54.4 Å². The molecule has 1 fully saturated rings. The maximum Gasteiger partial charge on any atom is 0.0906 e. The first kappa shape index (κ1) is 22.6. The van der Waals surface area contributed by atoms with Gasteiger partial charge in [-0.05, 0) is 67.0 Å². The van der Waals surface area contributed by atoms with Crippen molar-refractivity contribution in [3.05, 3.63) is 60.6 Å². The number of hydrogen-bond donors (Lipinski definition) is 1. The van der Waals surface area contributed by atoms with Crippen LogP contribution in [-0.4, -0.2) is 75.4 Å². The number of rotatable bonds is 3. The molecule has 0 atom stereocenters. The first-order valence-electron chi connectivity index (χ1n) is 10.9. The molecule has 0 bridgehead atoms. The molecule has 3 aliphatic rings. The molecular weight excluding hydrogens is 598 g/mol. The van der Waals surface area contributed by atoms with Crippen LogP contribution in [-0.2, 0) is 0 Å². The third-order valence-electron chi connectivity index (χ3n) is 6.50. The summed E-state index contributed by atoms with van der Waals surface area (Å²) in [5, 5.41) is 3.70. The van der Waals surface area contributed by atoms with Crippen molar-refractivity contribution in [2.45, 2.75) is 0 Å². The molecule has 168 valence electrons. The van der Waals surface area contributed by atoms with Crippen LogP contribution in [0.1, 0.15) is 11.1 Å². The predicted octanol–water partition coefficient (Wildman–Crippen LogP) is 5.30. The average Bonchev–Trinajstić information content (AvgIpc) is 3.31. The van der Waals surface area contributed by atoms with Crippen molar-refractivity contribution in [3.63, 3.8) is 0 Å². The summed E-state index contributed by atoms with van der Waals surface area (Å²) in [7, 11) is 4.34. The molecule has 3 heterocycles. The Morgan fingerprint density at radius 2 is 1.72 bits per heavy atom. The number of fused-ring (bicyclic) bond motifs is 2. The molecule has 1 N–H and O–H groups in total. The van der Waals surface area contributed by atoms with E-state index in [1.807, 2.05) is 0 Å². The second-order valence-electron chi connectivity index (χ2n) is 8.64. The van der Waals surface area contributed by atoms with E-state index in [0.717, 1.165) is 76.3 Å². The minimum absolute atomic E-state index is 0.808. The lowest BCUT2D eigenvalue weighted by molar-refractivity contribution is 0.157. The van der Waals surface area contributed by atoms with E-state index in [1.165, 1.54) is 22.4 Å². The van der Waals surface area contributed by atoms with Gasteiger partial charge in [-0.3, -0.25) is 9.89 Å². The molecule has 2 aromatic carbocycles. The molecule has 0 radical (unpaired) electrons. The Balaban J connectivity index is 1.52. The first-order valence-corrected chi connectivity index (χ1v) is 13.3. The lowest BCUT2D eigenvalue weighted by atomic mass is 10.0. The molecule has 0 unspecified atom stereocenters. The molecule has 0 saturated carbocycles. The van der Waals surface area contributed by atoms with Gasteiger partial charge in [0, 0.05) is 77.6 Å². The monoisotopic (exact) mass is 621 g/mol. The first-order chi connectivity index (χ1) is 15.4. The molecule has 0 aromatic heterocycles. The molecule has 0 aliphatic carbocycles. The fraction of sp³-hybridized carbons (Fsp3) is 0.375. The Kier molecular flexibility index (Phi) is 6.51. The number of benzene rings is 2. The minimum Gasteiger partial charge on any atom is -0.369 e. The maximum absolute atomic E-state index is 5.15. The number of aliphatic imine (C=N–C) groups is 1. The maximum atomic E-state index is 5.15. The van der Waals surface area contributed by atoms with E-state index in [4.69, 9.17) is 4.99 Å². The van der Waals surface area contributed by atoms with Gasteiger partial charge in [0.25, 0.3) is 0 Å². The van der Waals surface area contributed by atoms with Gasteiger partial charge in [-0.15, -0.1) is 0 Å². The number of likely N-dealkylation sites (N-methyl/N-ethyl adjacent to an activating group) is 2. The lowest BCUT2D eigenvalue weighted by Crippen LogP contribution is -2.45. The minimum atomic E-state index is 0.808. The second-order valence-corrected chi connectivity index (χ2v) is 11.1. The van der Waals surface area contributed by atoms with Crippen molar-refractivity contribution in [1.29, 1.82) is 0 Å². The normalized spacial score (nSPS) is 22.4. The predicted molar refractivity (Wildman–Crippen MR) is 145 cm³/mol. The van der Waals surface area contributed by atoms with Gasteiger partial charge in [0.2, 0.25) is 0 Å². The van der Waals surface area contributed by atoms with Gasteiger partial charge >= 0.3 is 0 Å². The fourth-order valence-corrected chi connectivity index (χ4v) is 6.41. The number of para-hydroxylation sites is 1. The van der Waals surface area contributed by atoms with Crippen molar-refractivity contribution in [2.75, 3.05) is 70.1 Å². The summed E-state index contributed by atoms with van der Waals surface area (Å²) in [6.45, 7) is 7.17. The molecule has 5 rings (SSSR count). The molecule has 0 amide bonds. The van der Waals surface area contributed by atoms with E-state index < -0.39 is 0 Å². The molecule has 8 heteroatoms. The number of nitrogens with zero attached hydrogens (tertiary/aromatic N) is 4. The molecule has 3 aliphatic heterocycles. The number of allylic oxidation sites excluding steroid dienone is 1. The van der Waals surface area contributed by atoms with Crippen LogP contribution >= 0.6 is 47.8 Å². The fourth-order valence-electron chi connectivity index (χ4n) is 4.69. The molecular formula is C24H26Br3N5. The summed E-state index contributed by atoms with van der Waals surface area (Å²) in [5.41, 5.74) is 8.27. The van der Waals surface area contributed by atoms with E-state index in [-0.39, 0.29) is 0 Å². The number of halogens is 3. The highest BCUT2D eigenvalue weighted by Crippen LogP contribution is 2.48. The Morgan fingerprint density at radius 3 is 2.50 bits per heavy atom. The summed E-state index contributed by atoms with van der Waals surface area (Å²) in [6, 6.07) is 10.7. The highest BCUT2D eigenvalue weighted by molar-refractivity contribution is 9.14. The largest absolute Gasteiger partial charge is 0.369 e. The van der Waals surface area contributed by atoms with Crippen LogP contribution < -0.4 is 10.2 Å². The van der Waals surface area contributed by atoms with E-state index >= 15 is 0 Å². The molecule has 1 saturated heterocycles. The topological polar surface area (TPSA) is 34.1 Å². The van der Waals surface area contributed by atoms with Crippen molar-refractivity contribution >= 4 is 70.4 Å². The molecule has 0 spiro atoms. The van der Waals surface area contributed by atoms with Gasteiger partial charge in [-0.2, -0.15) is 0 Å². The summed E-state index contributed by atoms with van der Waals surface area (Å²) in [6.07, 6.45) is 0. The smallest absolute Gasteiger partial charge is 0.0906 e. The highest BCUT2D eigenvalue weighted by atomic mass is 79.9. The zero-order chi connectivity index (χ0) is 22.4. The van der Waals surface area contributed by atoms with Gasteiger partial charge in [0.15, 0.2) is 0 Å². The summed E-state index contributed by atoms with van der Waals surface area (Å²) in [4.78, 5) is 12.4. The second kappa shape index (κ2) is 9.22. The number of nitrogens with one attached hydrogen (secondary N) is 1. The van der Waals surface area contributed by atoms with Crippen LogP contribution in [0, 0.1) is 0 Å². The van der Waals surface area contributed by atoms with E-state index in [0.29, 0.717) is 0 Å². The van der Waals surface area contributed by atoms with Crippen LogP contribution in [0.4, 0.5) is 11.4 Å². The van der Waals surface area contributed by atoms with Gasteiger partial charge < -0.3 is 15.1 Å². The number of anilines is 2. The Bertz CT molecular complexity index is 1120. The number of hydrogen-bond acceptors (Lipinski definition) is 5. The van der Waals surface area contributed by atoms with Crippen molar-refractivity contribution in [2.24, 2.45) is 4.99 Å².